The van der Waals surface area contributed by atoms with Gasteiger partial charge in [-0.15, -0.1) is 0 Å². The zero-order chi connectivity index (χ0) is 21.5. The van der Waals surface area contributed by atoms with Crippen molar-refractivity contribution in [2.75, 3.05) is 19.6 Å². The fourth-order valence-electron chi connectivity index (χ4n) is 4.66. The Kier molecular flexibility index (Phi) is 4.72. The molecule has 1 aliphatic rings. The maximum absolute atomic E-state index is 13.5. The van der Waals surface area contributed by atoms with Crippen molar-refractivity contribution in [3.8, 4) is 0 Å². The Labute approximate surface area is 184 Å². The average molecular weight is 428 g/mol. The van der Waals surface area contributed by atoms with Gasteiger partial charge in [-0.05, 0) is 50.2 Å². The van der Waals surface area contributed by atoms with Crippen molar-refractivity contribution in [2.45, 2.75) is 32.4 Å². The van der Waals surface area contributed by atoms with E-state index in [1.165, 1.54) is 19.3 Å². The van der Waals surface area contributed by atoms with Gasteiger partial charge in [0.05, 0.1) is 23.8 Å². The van der Waals surface area contributed by atoms with Crippen molar-refractivity contribution in [1.29, 1.82) is 0 Å². The molecule has 1 saturated heterocycles. The first-order valence-corrected chi connectivity index (χ1v) is 11.2. The summed E-state index contributed by atoms with van der Waals surface area (Å²) < 4.78 is 9.08. The second kappa shape index (κ2) is 7.87. The molecule has 0 amide bonds. The maximum atomic E-state index is 13.5. The molecular formula is C24H24N6O2. The molecule has 0 bridgehead atoms. The van der Waals surface area contributed by atoms with E-state index in [0.29, 0.717) is 28.9 Å². The van der Waals surface area contributed by atoms with E-state index in [1.54, 1.807) is 17.2 Å². The van der Waals surface area contributed by atoms with Crippen molar-refractivity contribution in [1.82, 2.24) is 29.0 Å². The second-order valence-electron chi connectivity index (χ2n) is 8.39. The number of hydrogen-bond acceptors (Lipinski definition) is 6. The van der Waals surface area contributed by atoms with E-state index in [4.69, 9.17) is 19.4 Å². The molecule has 8 heteroatoms. The molecule has 0 radical (unpaired) electrons. The van der Waals surface area contributed by atoms with Gasteiger partial charge >= 0.3 is 0 Å². The molecule has 162 valence electrons. The van der Waals surface area contributed by atoms with E-state index >= 15 is 0 Å². The number of furan rings is 1. The molecule has 0 N–H and O–H groups in total. The first-order valence-electron chi connectivity index (χ1n) is 11.2. The minimum Gasteiger partial charge on any atom is -0.467 e. The van der Waals surface area contributed by atoms with Gasteiger partial charge in [-0.25, -0.2) is 15.0 Å². The molecular weight excluding hydrogens is 404 g/mol. The molecule has 0 atom stereocenters. The highest BCUT2D eigenvalue weighted by Crippen LogP contribution is 2.25. The van der Waals surface area contributed by atoms with Crippen LogP contribution in [0.1, 0.15) is 25.0 Å². The number of fused-ring (bicyclic) bond motifs is 4. The van der Waals surface area contributed by atoms with E-state index in [2.05, 4.69) is 9.47 Å². The SMILES string of the molecule is O=c1c2c3nc4ccccc4nc3n(CCN3CCCCC3)c2ncn1Cc1ccco1. The Morgan fingerprint density at radius 1 is 0.906 bits per heavy atom. The Morgan fingerprint density at radius 3 is 2.50 bits per heavy atom. The number of piperidine rings is 1. The van der Waals surface area contributed by atoms with Crippen LogP contribution in [-0.4, -0.2) is 48.6 Å². The van der Waals surface area contributed by atoms with E-state index in [0.717, 1.165) is 42.9 Å². The van der Waals surface area contributed by atoms with Crippen LogP contribution in [0.25, 0.3) is 33.2 Å². The molecule has 0 unspecified atom stereocenters. The third-order valence-electron chi connectivity index (χ3n) is 6.31. The van der Waals surface area contributed by atoms with Crippen LogP contribution in [0.4, 0.5) is 0 Å². The smallest absolute Gasteiger partial charge is 0.265 e. The van der Waals surface area contributed by atoms with Gasteiger partial charge < -0.3 is 13.9 Å². The normalized spacial score (nSPS) is 15.2. The number of hydrogen-bond donors (Lipinski definition) is 0. The summed E-state index contributed by atoms with van der Waals surface area (Å²) in [5, 5.41) is 0.519. The van der Waals surface area contributed by atoms with Crippen LogP contribution in [0.3, 0.4) is 0 Å². The lowest BCUT2D eigenvalue weighted by Crippen LogP contribution is -2.32. The van der Waals surface area contributed by atoms with Gasteiger partial charge in [0.2, 0.25) is 0 Å². The average Bonchev–Trinajstić information content (AvgIpc) is 3.45. The molecule has 0 saturated carbocycles. The third-order valence-corrected chi connectivity index (χ3v) is 6.31. The largest absolute Gasteiger partial charge is 0.467 e. The molecule has 4 aromatic heterocycles. The first-order chi connectivity index (χ1) is 15.8. The van der Waals surface area contributed by atoms with Crippen molar-refractivity contribution >= 4 is 33.2 Å². The van der Waals surface area contributed by atoms with Gasteiger partial charge in [0.25, 0.3) is 5.56 Å². The molecule has 1 aliphatic heterocycles. The van der Waals surface area contributed by atoms with Crippen LogP contribution in [0.2, 0.25) is 0 Å². The summed E-state index contributed by atoms with van der Waals surface area (Å²) in [5.74, 6) is 0.707. The topological polar surface area (TPSA) is 82.0 Å². The first kappa shape index (κ1) is 19.2. The van der Waals surface area contributed by atoms with Crippen LogP contribution in [0.15, 0.2) is 58.2 Å². The number of para-hydroxylation sites is 2. The lowest BCUT2D eigenvalue weighted by Gasteiger charge is -2.26. The molecule has 6 rings (SSSR count). The van der Waals surface area contributed by atoms with Gasteiger partial charge in [-0.1, -0.05) is 18.6 Å². The highest BCUT2D eigenvalue weighted by atomic mass is 16.3. The Hall–Kier alpha value is -3.52. The van der Waals surface area contributed by atoms with E-state index in [9.17, 15) is 4.79 Å². The van der Waals surface area contributed by atoms with Crippen LogP contribution in [0.5, 0.6) is 0 Å². The van der Waals surface area contributed by atoms with Crippen LogP contribution >= 0.6 is 0 Å². The van der Waals surface area contributed by atoms with Crippen molar-refractivity contribution in [3.05, 3.63) is 65.1 Å². The summed E-state index contributed by atoms with van der Waals surface area (Å²) >= 11 is 0. The molecule has 5 aromatic rings. The van der Waals surface area contributed by atoms with Gasteiger partial charge in [0.1, 0.15) is 23.0 Å². The van der Waals surface area contributed by atoms with Crippen LogP contribution in [0, 0.1) is 0 Å². The number of benzene rings is 1. The number of rotatable bonds is 5. The lowest BCUT2D eigenvalue weighted by molar-refractivity contribution is 0.222. The third kappa shape index (κ3) is 3.27. The van der Waals surface area contributed by atoms with Crippen LogP contribution < -0.4 is 5.56 Å². The minimum absolute atomic E-state index is 0.127. The van der Waals surface area contributed by atoms with Crippen LogP contribution in [-0.2, 0) is 13.1 Å². The fourth-order valence-corrected chi connectivity index (χ4v) is 4.66. The molecule has 0 spiro atoms. The molecule has 32 heavy (non-hydrogen) atoms. The monoisotopic (exact) mass is 428 g/mol. The maximum Gasteiger partial charge on any atom is 0.265 e. The summed E-state index contributed by atoms with van der Waals surface area (Å²) in [6, 6.07) is 11.4. The molecule has 1 aromatic carbocycles. The van der Waals surface area contributed by atoms with Crippen molar-refractivity contribution in [2.24, 2.45) is 0 Å². The van der Waals surface area contributed by atoms with Gasteiger partial charge in [-0.3, -0.25) is 9.36 Å². The summed E-state index contributed by atoms with van der Waals surface area (Å²) in [7, 11) is 0. The minimum atomic E-state index is -0.127. The zero-order valence-corrected chi connectivity index (χ0v) is 17.8. The second-order valence-corrected chi connectivity index (χ2v) is 8.39. The predicted molar refractivity (Wildman–Crippen MR) is 123 cm³/mol. The summed E-state index contributed by atoms with van der Waals surface area (Å²) in [4.78, 5) is 30.4. The summed E-state index contributed by atoms with van der Waals surface area (Å²) in [6.07, 6.45) is 7.00. The number of likely N-dealkylation sites (tertiary alicyclic amines) is 1. The van der Waals surface area contributed by atoms with E-state index in [1.807, 2.05) is 36.4 Å². The number of nitrogens with zero attached hydrogens (tertiary/aromatic N) is 6. The number of aromatic nitrogens is 5. The fraction of sp³-hybridized carbons (Fsp3) is 0.333. The highest BCUT2D eigenvalue weighted by Gasteiger charge is 2.21. The molecule has 5 heterocycles. The van der Waals surface area contributed by atoms with E-state index < -0.39 is 0 Å². The zero-order valence-electron chi connectivity index (χ0n) is 17.8. The molecule has 0 aliphatic carbocycles. The van der Waals surface area contributed by atoms with Crippen molar-refractivity contribution in [3.63, 3.8) is 0 Å². The quantitative estimate of drug-likeness (QED) is 0.427. The standard InChI is InChI=1S/C24H24N6O2/c31-24-20-21-23(27-19-9-3-2-8-18(19)26-21)30(13-12-28-10-4-1-5-11-28)22(20)25-16-29(24)15-17-7-6-14-32-17/h2-3,6-9,14,16H,1,4-5,10-13,15H2. The Bertz CT molecular complexity index is 1460. The molecule has 1 fully saturated rings. The van der Waals surface area contributed by atoms with Crippen molar-refractivity contribution < 1.29 is 4.42 Å². The molecule has 8 nitrogen and oxygen atoms in total. The van der Waals surface area contributed by atoms with Gasteiger partial charge in [-0.2, -0.15) is 0 Å². The summed E-state index contributed by atoms with van der Waals surface area (Å²) in [6.45, 7) is 4.20. The van der Waals surface area contributed by atoms with Gasteiger partial charge in [0, 0.05) is 13.1 Å². The Balaban J connectivity index is 1.52. The predicted octanol–water partition coefficient (Wildman–Crippen LogP) is 3.42. The Morgan fingerprint density at radius 2 is 1.72 bits per heavy atom. The van der Waals surface area contributed by atoms with Gasteiger partial charge in [0.15, 0.2) is 11.3 Å². The lowest BCUT2D eigenvalue weighted by atomic mass is 10.1. The highest BCUT2D eigenvalue weighted by molar-refractivity contribution is 6.04. The summed E-state index contributed by atoms with van der Waals surface area (Å²) in [5.41, 5.74) is 3.44. The van der Waals surface area contributed by atoms with E-state index in [-0.39, 0.29) is 5.56 Å².